The fourth-order valence-corrected chi connectivity index (χ4v) is 0.745. The zero-order valence-corrected chi connectivity index (χ0v) is 5.98. The number of nitrogens with one attached hydrogen (secondary N) is 1. The summed E-state index contributed by atoms with van der Waals surface area (Å²) in [7, 11) is 0. The number of amides is 1. The number of rotatable bonds is 2. The van der Waals surface area contributed by atoms with Crippen LogP contribution in [-0.2, 0) is 4.79 Å². The van der Waals surface area contributed by atoms with Gasteiger partial charge in [0.25, 0.3) is 0 Å². The first-order valence-electron chi connectivity index (χ1n) is 3.45. The summed E-state index contributed by atoms with van der Waals surface area (Å²) in [5.74, 6) is -0.0287. The van der Waals surface area contributed by atoms with Crippen molar-refractivity contribution >= 4 is 5.91 Å². The van der Waals surface area contributed by atoms with E-state index in [4.69, 9.17) is 5.26 Å². The molecule has 0 saturated heterocycles. The highest BCUT2D eigenvalue weighted by molar-refractivity contribution is 5.77. The van der Waals surface area contributed by atoms with Crippen LogP contribution >= 0.6 is 0 Å². The van der Waals surface area contributed by atoms with Crippen molar-refractivity contribution in [1.82, 2.24) is 5.32 Å². The summed E-state index contributed by atoms with van der Waals surface area (Å²) in [4.78, 5) is 10.8. The van der Waals surface area contributed by atoms with Gasteiger partial charge in [0.05, 0.1) is 6.07 Å². The molecule has 1 aliphatic rings. The molecule has 0 heterocycles. The minimum Gasteiger partial charge on any atom is -0.338 e. The van der Waals surface area contributed by atoms with E-state index in [0.29, 0.717) is 6.42 Å². The van der Waals surface area contributed by atoms with Gasteiger partial charge in [-0.25, -0.2) is 0 Å². The van der Waals surface area contributed by atoms with Gasteiger partial charge >= 0.3 is 0 Å². The van der Waals surface area contributed by atoms with Crippen LogP contribution in [0.25, 0.3) is 0 Å². The van der Waals surface area contributed by atoms with Crippen LogP contribution in [0.4, 0.5) is 0 Å². The number of hydrogen-bond donors (Lipinski definition) is 1. The van der Waals surface area contributed by atoms with Crippen LogP contribution in [-0.4, -0.2) is 11.4 Å². The molecule has 1 amide bonds. The topological polar surface area (TPSA) is 52.9 Å². The first-order chi connectivity index (χ1) is 4.72. The molecule has 0 aromatic rings. The van der Waals surface area contributed by atoms with E-state index in [1.165, 1.54) is 0 Å². The van der Waals surface area contributed by atoms with E-state index in [1.807, 2.05) is 0 Å². The number of carbonyl (C=O) groups excluding carboxylic acids is 1. The Morgan fingerprint density at radius 2 is 2.40 bits per heavy atom. The zero-order valence-electron chi connectivity index (χ0n) is 5.98. The fourth-order valence-electron chi connectivity index (χ4n) is 0.745. The summed E-state index contributed by atoms with van der Waals surface area (Å²) in [5, 5.41) is 11.2. The Labute approximate surface area is 60.0 Å². The van der Waals surface area contributed by atoms with E-state index < -0.39 is 5.54 Å². The summed E-state index contributed by atoms with van der Waals surface area (Å²) >= 11 is 0. The van der Waals surface area contributed by atoms with Crippen LogP contribution in [0.5, 0.6) is 0 Å². The van der Waals surface area contributed by atoms with Gasteiger partial charge in [0.1, 0.15) is 5.54 Å². The Morgan fingerprint density at radius 1 is 1.80 bits per heavy atom. The highest BCUT2D eigenvalue weighted by Crippen LogP contribution is 2.34. The van der Waals surface area contributed by atoms with E-state index in [0.717, 1.165) is 12.8 Å². The molecule has 0 aliphatic heterocycles. The average Bonchev–Trinajstić information content (AvgIpc) is 2.70. The van der Waals surface area contributed by atoms with Crippen molar-refractivity contribution in [3.63, 3.8) is 0 Å². The molecule has 0 bridgehead atoms. The van der Waals surface area contributed by atoms with Gasteiger partial charge in [0, 0.05) is 6.42 Å². The molecular formula is C7H10N2O. The maximum atomic E-state index is 10.8. The molecule has 3 nitrogen and oxygen atoms in total. The van der Waals surface area contributed by atoms with Crippen molar-refractivity contribution in [3.8, 4) is 6.07 Å². The molecule has 1 saturated carbocycles. The molecule has 54 valence electrons. The quantitative estimate of drug-likeness (QED) is 0.606. The van der Waals surface area contributed by atoms with E-state index in [2.05, 4.69) is 11.4 Å². The zero-order chi connectivity index (χ0) is 7.61. The third kappa shape index (κ3) is 1.27. The standard InChI is InChI=1S/C7H10N2O/c1-2-6(10)9-7(5-8)3-4-7/h2-4H2,1H3,(H,9,10). The third-order valence-corrected chi connectivity index (χ3v) is 1.66. The Balaban J connectivity index is 2.40. The molecule has 1 N–H and O–H groups in total. The number of nitriles is 1. The second-order valence-corrected chi connectivity index (χ2v) is 2.60. The van der Waals surface area contributed by atoms with Crippen molar-refractivity contribution in [2.45, 2.75) is 31.7 Å². The molecule has 10 heavy (non-hydrogen) atoms. The predicted molar refractivity (Wildman–Crippen MR) is 36.0 cm³/mol. The number of hydrogen-bond acceptors (Lipinski definition) is 2. The maximum Gasteiger partial charge on any atom is 0.220 e. The van der Waals surface area contributed by atoms with Crippen LogP contribution in [0, 0.1) is 11.3 Å². The molecule has 0 aromatic carbocycles. The summed E-state index contributed by atoms with van der Waals surface area (Å²) in [6, 6.07) is 2.09. The molecule has 0 atom stereocenters. The second kappa shape index (κ2) is 2.30. The molecule has 0 unspecified atom stereocenters. The molecule has 1 rings (SSSR count). The molecular weight excluding hydrogens is 128 g/mol. The summed E-state index contributed by atoms with van der Waals surface area (Å²) < 4.78 is 0. The third-order valence-electron chi connectivity index (χ3n) is 1.66. The second-order valence-electron chi connectivity index (χ2n) is 2.60. The lowest BCUT2D eigenvalue weighted by Crippen LogP contribution is -2.34. The summed E-state index contributed by atoms with van der Waals surface area (Å²) in [5.41, 5.74) is -0.479. The van der Waals surface area contributed by atoms with E-state index in [-0.39, 0.29) is 5.91 Å². The van der Waals surface area contributed by atoms with E-state index in [9.17, 15) is 4.79 Å². The van der Waals surface area contributed by atoms with Gasteiger partial charge in [-0.1, -0.05) is 6.92 Å². The summed E-state index contributed by atoms with van der Waals surface area (Å²) in [6.45, 7) is 1.78. The van der Waals surface area contributed by atoms with Gasteiger partial charge in [-0.3, -0.25) is 4.79 Å². The lowest BCUT2D eigenvalue weighted by atomic mass is 10.3. The van der Waals surface area contributed by atoms with Crippen LogP contribution in [0.1, 0.15) is 26.2 Å². The molecule has 1 fully saturated rings. The minimum atomic E-state index is -0.479. The highest BCUT2D eigenvalue weighted by Gasteiger charge is 2.44. The van der Waals surface area contributed by atoms with Gasteiger partial charge in [0.2, 0.25) is 5.91 Å². The monoisotopic (exact) mass is 138 g/mol. The molecule has 1 aliphatic carbocycles. The molecule has 3 heteroatoms. The summed E-state index contributed by atoms with van der Waals surface area (Å²) in [6.07, 6.45) is 2.09. The molecule has 0 spiro atoms. The van der Waals surface area contributed by atoms with Crippen LogP contribution < -0.4 is 5.32 Å². The van der Waals surface area contributed by atoms with Crippen molar-refractivity contribution in [1.29, 1.82) is 5.26 Å². The number of nitrogens with zero attached hydrogens (tertiary/aromatic N) is 1. The minimum absolute atomic E-state index is 0.0287. The Morgan fingerprint density at radius 3 is 2.70 bits per heavy atom. The van der Waals surface area contributed by atoms with Crippen LogP contribution in [0.2, 0.25) is 0 Å². The fraction of sp³-hybridized carbons (Fsp3) is 0.714. The van der Waals surface area contributed by atoms with Crippen LogP contribution in [0.3, 0.4) is 0 Å². The van der Waals surface area contributed by atoms with Gasteiger partial charge in [-0.2, -0.15) is 5.26 Å². The van der Waals surface area contributed by atoms with Gasteiger partial charge in [-0.05, 0) is 12.8 Å². The first-order valence-corrected chi connectivity index (χ1v) is 3.45. The smallest absolute Gasteiger partial charge is 0.220 e. The van der Waals surface area contributed by atoms with E-state index in [1.54, 1.807) is 6.92 Å². The van der Waals surface area contributed by atoms with Crippen molar-refractivity contribution in [3.05, 3.63) is 0 Å². The SMILES string of the molecule is CCC(=O)NC1(C#N)CC1. The highest BCUT2D eigenvalue weighted by atomic mass is 16.1. The Hall–Kier alpha value is -1.04. The normalized spacial score (nSPS) is 19.2. The van der Waals surface area contributed by atoms with Gasteiger partial charge in [-0.15, -0.1) is 0 Å². The van der Waals surface area contributed by atoms with E-state index >= 15 is 0 Å². The largest absolute Gasteiger partial charge is 0.338 e. The molecule has 0 radical (unpaired) electrons. The van der Waals surface area contributed by atoms with Crippen LogP contribution in [0.15, 0.2) is 0 Å². The lowest BCUT2D eigenvalue weighted by Gasteiger charge is -2.05. The lowest BCUT2D eigenvalue weighted by molar-refractivity contribution is -0.121. The van der Waals surface area contributed by atoms with Gasteiger partial charge < -0.3 is 5.32 Å². The van der Waals surface area contributed by atoms with Crippen molar-refractivity contribution in [2.75, 3.05) is 0 Å². The average molecular weight is 138 g/mol. The molecule has 0 aromatic heterocycles. The predicted octanol–water partition coefficient (Wildman–Crippen LogP) is 0.569. The van der Waals surface area contributed by atoms with Crippen molar-refractivity contribution < 1.29 is 4.79 Å². The van der Waals surface area contributed by atoms with Gasteiger partial charge in [0.15, 0.2) is 0 Å². The Kier molecular flexibility index (Phi) is 1.62. The Bertz CT molecular complexity index is 188. The number of carbonyl (C=O) groups is 1. The van der Waals surface area contributed by atoms with Crippen molar-refractivity contribution in [2.24, 2.45) is 0 Å². The maximum absolute atomic E-state index is 10.8. The first kappa shape index (κ1) is 7.07.